The fourth-order valence-electron chi connectivity index (χ4n) is 1.08. The Labute approximate surface area is 99.9 Å². The van der Waals surface area contributed by atoms with Crippen LogP contribution in [0, 0.1) is 0 Å². The van der Waals surface area contributed by atoms with E-state index in [0.29, 0.717) is 0 Å². The van der Waals surface area contributed by atoms with Crippen molar-refractivity contribution in [2.24, 2.45) is 0 Å². The summed E-state index contributed by atoms with van der Waals surface area (Å²) in [6.07, 6.45) is 0. The summed E-state index contributed by atoms with van der Waals surface area (Å²) in [4.78, 5) is 10.9. The van der Waals surface area contributed by atoms with Crippen molar-refractivity contribution in [3.05, 3.63) is 28.2 Å². The first-order chi connectivity index (χ1) is 6.54. The van der Waals surface area contributed by atoms with Crippen LogP contribution in [0.1, 0.15) is 17.3 Å². The molecule has 14 heavy (non-hydrogen) atoms. The molecular formula is C10H10Br2O2. The third-order valence-corrected chi connectivity index (χ3v) is 3.41. The topological polar surface area (TPSA) is 26.3 Å². The average molecular weight is 322 g/mol. The lowest BCUT2D eigenvalue weighted by atomic mass is 10.1. The van der Waals surface area contributed by atoms with E-state index in [1.807, 2.05) is 18.2 Å². The molecule has 1 aromatic rings. The maximum Gasteiger partial charge on any atom is 0.147 e. The van der Waals surface area contributed by atoms with Crippen LogP contribution in [0.4, 0.5) is 0 Å². The zero-order valence-electron chi connectivity index (χ0n) is 7.88. The number of carbonyl (C=O) groups excluding carboxylic acids is 1. The maximum absolute atomic E-state index is 11.2. The number of alkyl halides is 1. The summed E-state index contributed by atoms with van der Waals surface area (Å²) in [5.74, 6) is 0.810. The highest BCUT2D eigenvalue weighted by Crippen LogP contribution is 2.30. The first-order valence-corrected chi connectivity index (χ1v) is 5.74. The summed E-state index contributed by atoms with van der Waals surface area (Å²) in [5.41, 5.74) is 0.892. The highest BCUT2D eigenvalue weighted by Gasteiger charge is 2.13. The molecule has 1 aromatic carbocycles. The highest BCUT2D eigenvalue weighted by atomic mass is 79.9. The van der Waals surface area contributed by atoms with Gasteiger partial charge in [0.2, 0.25) is 0 Å². The van der Waals surface area contributed by atoms with E-state index in [1.165, 1.54) is 0 Å². The number of methoxy groups -OCH3 is 1. The Morgan fingerprint density at radius 3 is 2.57 bits per heavy atom. The summed E-state index contributed by atoms with van der Waals surface area (Å²) >= 11 is 6.68. The largest absolute Gasteiger partial charge is 0.497 e. The first kappa shape index (κ1) is 11.7. The number of benzene rings is 1. The van der Waals surface area contributed by atoms with Crippen molar-refractivity contribution >= 4 is 37.6 Å². The Morgan fingerprint density at radius 1 is 1.43 bits per heavy atom. The van der Waals surface area contributed by atoms with Gasteiger partial charge in [0.1, 0.15) is 11.5 Å². The molecule has 76 valence electrons. The number of rotatable bonds is 3. The van der Waals surface area contributed by atoms with Gasteiger partial charge in [0, 0.05) is 4.47 Å². The van der Waals surface area contributed by atoms with Crippen molar-refractivity contribution in [2.75, 3.05) is 7.11 Å². The van der Waals surface area contributed by atoms with E-state index < -0.39 is 0 Å². The lowest BCUT2D eigenvalue weighted by Crippen LogP contribution is -2.01. The zero-order chi connectivity index (χ0) is 10.7. The van der Waals surface area contributed by atoms with Crippen LogP contribution in [0.2, 0.25) is 0 Å². The van der Waals surface area contributed by atoms with Crippen LogP contribution < -0.4 is 4.74 Å². The second kappa shape index (κ2) is 4.94. The molecule has 0 aliphatic heterocycles. The number of ketones is 1. The Bertz CT molecular complexity index is 350. The van der Waals surface area contributed by atoms with Gasteiger partial charge in [0.15, 0.2) is 0 Å². The van der Waals surface area contributed by atoms with Crippen LogP contribution in [0.3, 0.4) is 0 Å². The molecule has 2 nitrogen and oxygen atoms in total. The standard InChI is InChI=1S/C10H10Br2O2/c1-6(13)10(12)7-3-8(11)5-9(4-7)14-2/h3-5,10H,1-2H3. The molecule has 0 bridgehead atoms. The Balaban J connectivity index is 3.08. The average Bonchev–Trinajstić information content (AvgIpc) is 2.15. The maximum atomic E-state index is 11.2. The van der Waals surface area contributed by atoms with E-state index in [0.717, 1.165) is 15.8 Å². The van der Waals surface area contributed by atoms with Gasteiger partial charge in [-0.3, -0.25) is 4.79 Å². The number of hydrogen-bond donors (Lipinski definition) is 0. The van der Waals surface area contributed by atoms with Gasteiger partial charge >= 0.3 is 0 Å². The lowest BCUT2D eigenvalue weighted by molar-refractivity contribution is -0.116. The Morgan fingerprint density at radius 2 is 2.07 bits per heavy atom. The van der Waals surface area contributed by atoms with Crippen LogP contribution in [0.25, 0.3) is 0 Å². The third-order valence-electron chi connectivity index (χ3n) is 1.78. The highest BCUT2D eigenvalue weighted by molar-refractivity contribution is 9.10. The molecule has 0 N–H and O–H groups in total. The van der Waals surface area contributed by atoms with Gasteiger partial charge in [-0.05, 0) is 30.7 Å². The number of Topliss-reactive ketones (excluding diaryl/α,β-unsaturated/α-hetero) is 1. The Hall–Kier alpha value is -0.350. The van der Waals surface area contributed by atoms with E-state index in [4.69, 9.17) is 4.74 Å². The van der Waals surface area contributed by atoms with Crippen molar-refractivity contribution in [3.63, 3.8) is 0 Å². The molecule has 0 aliphatic rings. The Kier molecular flexibility index (Phi) is 4.13. The molecule has 0 amide bonds. The van der Waals surface area contributed by atoms with Gasteiger partial charge in [-0.2, -0.15) is 0 Å². The van der Waals surface area contributed by atoms with E-state index >= 15 is 0 Å². The fourth-order valence-corrected chi connectivity index (χ4v) is 1.84. The van der Waals surface area contributed by atoms with Gasteiger partial charge in [-0.1, -0.05) is 31.9 Å². The van der Waals surface area contributed by atoms with E-state index in [1.54, 1.807) is 14.0 Å². The molecule has 1 atom stereocenters. The molecule has 0 fully saturated rings. The van der Waals surface area contributed by atoms with Crippen LogP contribution in [0.15, 0.2) is 22.7 Å². The van der Waals surface area contributed by atoms with Gasteiger partial charge in [0.25, 0.3) is 0 Å². The van der Waals surface area contributed by atoms with Crippen molar-refractivity contribution in [1.82, 2.24) is 0 Å². The molecule has 1 rings (SSSR count). The summed E-state index contributed by atoms with van der Waals surface area (Å²) < 4.78 is 6.00. The third kappa shape index (κ3) is 2.82. The van der Waals surface area contributed by atoms with Crippen molar-refractivity contribution in [3.8, 4) is 5.75 Å². The normalized spacial score (nSPS) is 12.3. The molecule has 0 radical (unpaired) electrons. The van der Waals surface area contributed by atoms with Gasteiger partial charge in [0.05, 0.1) is 11.9 Å². The second-order valence-corrected chi connectivity index (χ2v) is 4.73. The zero-order valence-corrected chi connectivity index (χ0v) is 11.1. The molecule has 0 aliphatic carbocycles. The van der Waals surface area contributed by atoms with Crippen LogP contribution in [-0.2, 0) is 4.79 Å². The molecule has 0 saturated heterocycles. The predicted octanol–water partition coefficient (Wildman–Crippen LogP) is 3.48. The van der Waals surface area contributed by atoms with Gasteiger partial charge in [-0.15, -0.1) is 0 Å². The quantitative estimate of drug-likeness (QED) is 0.797. The molecule has 1 unspecified atom stereocenters. The molecule has 0 saturated carbocycles. The smallest absolute Gasteiger partial charge is 0.147 e. The second-order valence-electron chi connectivity index (χ2n) is 2.90. The van der Waals surface area contributed by atoms with Crippen molar-refractivity contribution in [1.29, 1.82) is 0 Å². The number of ether oxygens (including phenoxy) is 1. The van der Waals surface area contributed by atoms with Crippen LogP contribution in [0.5, 0.6) is 5.75 Å². The van der Waals surface area contributed by atoms with Crippen LogP contribution in [-0.4, -0.2) is 12.9 Å². The molecule has 0 heterocycles. The fraction of sp³-hybridized carbons (Fsp3) is 0.300. The minimum absolute atomic E-state index is 0.0742. The molecule has 0 aromatic heterocycles. The first-order valence-electron chi connectivity index (χ1n) is 4.03. The minimum Gasteiger partial charge on any atom is -0.497 e. The lowest BCUT2D eigenvalue weighted by Gasteiger charge is -2.09. The number of carbonyl (C=O) groups is 1. The van der Waals surface area contributed by atoms with Crippen molar-refractivity contribution < 1.29 is 9.53 Å². The molecular weight excluding hydrogens is 312 g/mol. The van der Waals surface area contributed by atoms with Crippen LogP contribution >= 0.6 is 31.9 Å². The summed E-state index contributed by atoms with van der Waals surface area (Å²) in [7, 11) is 1.60. The van der Waals surface area contributed by atoms with E-state index in [2.05, 4.69) is 31.9 Å². The van der Waals surface area contributed by atoms with E-state index in [9.17, 15) is 4.79 Å². The van der Waals surface area contributed by atoms with Gasteiger partial charge < -0.3 is 4.74 Å². The predicted molar refractivity (Wildman–Crippen MR) is 63.0 cm³/mol. The summed E-state index contributed by atoms with van der Waals surface area (Å²) in [5, 5.41) is 0. The monoisotopic (exact) mass is 320 g/mol. The summed E-state index contributed by atoms with van der Waals surface area (Å²) in [6, 6.07) is 5.58. The van der Waals surface area contributed by atoms with E-state index in [-0.39, 0.29) is 10.6 Å². The molecule has 4 heteroatoms. The minimum atomic E-state index is -0.270. The number of halogens is 2. The van der Waals surface area contributed by atoms with Crippen molar-refractivity contribution in [2.45, 2.75) is 11.8 Å². The molecule has 0 spiro atoms. The summed E-state index contributed by atoms with van der Waals surface area (Å²) in [6.45, 7) is 1.55. The van der Waals surface area contributed by atoms with Gasteiger partial charge in [-0.25, -0.2) is 0 Å². The SMILES string of the molecule is COc1cc(Br)cc(C(Br)C(C)=O)c1. The number of hydrogen-bond acceptors (Lipinski definition) is 2.